The largest absolute Gasteiger partial charge is 0.239 e. The zero-order valence-corrected chi connectivity index (χ0v) is 9.66. The molecule has 0 spiro atoms. The van der Waals surface area contributed by atoms with Gasteiger partial charge in [-0.25, -0.2) is 13.6 Å². The summed E-state index contributed by atoms with van der Waals surface area (Å²) in [5, 5.41) is 5.02. The van der Waals surface area contributed by atoms with Crippen LogP contribution in [0.15, 0.2) is 27.6 Å². The number of hydrogen-bond donors (Lipinski definition) is 1. The van der Waals surface area contributed by atoms with Crippen LogP contribution in [0.4, 0.5) is 0 Å². The van der Waals surface area contributed by atoms with E-state index in [1.807, 2.05) is 0 Å². The van der Waals surface area contributed by atoms with Gasteiger partial charge >= 0.3 is 0 Å². The Morgan fingerprint density at radius 1 is 1.46 bits per heavy atom. The molecule has 1 rings (SSSR count). The second-order valence-corrected chi connectivity index (χ2v) is 5.03. The van der Waals surface area contributed by atoms with E-state index in [4.69, 9.17) is 16.7 Å². The minimum atomic E-state index is -3.71. The summed E-state index contributed by atoms with van der Waals surface area (Å²) < 4.78 is 22.7. The summed E-state index contributed by atoms with van der Waals surface area (Å²) in [6, 6.07) is 4.93. The zero-order valence-electron chi connectivity index (χ0n) is 6.50. The standard InChI is InChI=1S/C7H7BrClNO2S/c8-6-3-1-2-5(4-9)7(6)13(10,11)12/h1-3H,4H2,(H2,10,11,12). The topological polar surface area (TPSA) is 60.2 Å². The molecule has 0 fully saturated rings. The van der Waals surface area contributed by atoms with Crippen LogP contribution < -0.4 is 5.14 Å². The van der Waals surface area contributed by atoms with Gasteiger partial charge in [-0.2, -0.15) is 0 Å². The highest BCUT2D eigenvalue weighted by atomic mass is 79.9. The van der Waals surface area contributed by atoms with Crippen LogP contribution in [0, 0.1) is 0 Å². The number of rotatable bonds is 2. The lowest BCUT2D eigenvalue weighted by Crippen LogP contribution is -2.14. The average Bonchev–Trinajstić information content (AvgIpc) is 2.01. The number of alkyl halides is 1. The van der Waals surface area contributed by atoms with Crippen molar-refractivity contribution in [3.8, 4) is 0 Å². The quantitative estimate of drug-likeness (QED) is 0.842. The summed E-state index contributed by atoms with van der Waals surface area (Å²) in [7, 11) is -3.71. The average molecular weight is 285 g/mol. The van der Waals surface area contributed by atoms with Crippen LogP contribution in [-0.2, 0) is 15.9 Å². The Morgan fingerprint density at radius 2 is 2.08 bits per heavy atom. The zero-order chi connectivity index (χ0) is 10.1. The molecule has 0 aliphatic carbocycles. The van der Waals surface area contributed by atoms with E-state index in [1.54, 1.807) is 18.2 Å². The van der Waals surface area contributed by atoms with Gasteiger partial charge in [0.1, 0.15) is 4.90 Å². The van der Waals surface area contributed by atoms with Gasteiger partial charge in [0.2, 0.25) is 10.0 Å². The van der Waals surface area contributed by atoms with Crippen LogP contribution in [0.1, 0.15) is 5.56 Å². The predicted octanol–water partition coefficient (Wildman–Crippen LogP) is 1.84. The van der Waals surface area contributed by atoms with Crippen molar-refractivity contribution in [3.63, 3.8) is 0 Å². The number of hydrogen-bond acceptors (Lipinski definition) is 2. The Morgan fingerprint density at radius 3 is 2.46 bits per heavy atom. The minimum absolute atomic E-state index is 0.0602. The second-order valence-electron chi connectivity index (χ2n) is 2.41. The summed E-state index contributed by atoms with van der Waals surface area (Å²) in [6.07, 6.45) is 0. The smallest absolute Gasteiger partial charge is 0.225 e. The van der Waals surface area contributed by atoms with Gasteiger partial charge in [0, 0.05) is 10.4 Å². The predicted molar refractivity (Wildman–Crippen MR) is 55.1 cm³/mol. The van der Waals surface area contributed by atoms with Crippen LogP contribution in [0.25, 0.3) is 0 Å². The third kappa shape index (κ3) is 2.43. The lowest BCUT2D eigenvalue weighted by Gasteiger charge is -2.06. The van der Waals surface area contributed by atoms with E-state index in [1.165, 1.54) is 0 Å². The third-order valence-electron chi connectivity index (χ3n) is 1.48. The second kappa shape index (κ2) is 3.96. The molecule has 1 aromatic rings. The van der Waals surface area contributed by atoms with Crippen molar-refractivity contribution in [2.45, 2.75) is 10.8 Å². The molecule has 0 aliphatic heterocycles. The van der Waals surface area contributed by atoms with Crippen LogP contribution in [0.5, 0.6) is 0 Å². The summed E-state index contributed by atoms with van der Waals surface area (Å²) in [5.41, 5.74) is 0.499. The highest BCUT2D eigenvalue weighted by Gasteiger charge is 2.16. The molecule has 72 valence electrons. The maximum Gasteiger partial charge on any atom is 0.239 e. The first-order valence-electron chi connectivity index (χ1n) is 3.33. The van der Waals surface area contributed by atoms with Crippen molar-refractivity contribution >= 4 is 37.6 Å². The van der Waals surface area contributed by atoms with Crippen molar-refractivity contribution in [1.82, 2.24) is 0 Å². The van der Waals surface area contributed by atoms with E-state index >= 15 is 0 Å². The summed E-state index contributed by atoms with van der Waals surface area (Å²) >= 11 is 8.68. The number of nitrogens with two attached hydrogens (primary N) is 1. The van der Waals surface area contributed by atoms with E-state index in [0.29, 0.717) is 10.0 Å². The van der Waals surface area contributed by atoms with Gasteiger partial charge in [-0.1, -0.05) is 12.1 Å². The van der Waals surface area contributed by atoms with Gasteiger partial charge in [0.15, 0.2) is 0 Å². The molecule has 0 saturated heterocycles. The van der Waals surface area contributed by atoms with E-state index in [2.05, 4.69) is 15.9 Å². The third-order valence-corrected chi connectivity index (χ3v) is 3.74. The van der Waals surface area contributed by atoms with Gasteiger partial charge in [-0.3, -0.25) is 0 Å². The van der Waals surface area contributed by atoms with Crippen molar-refractivity contribution in [2.24, 2.45) is 5.14 Å². The molecule has 0 bridgehead atoms. The Kier molecular flexibility index (Phi) is 3.34. The highest BCUT2D eigenvalue weighted by Crippen LogP contribution is 2.25. The highest BCUT2D eigenvalue weighted by molar-refractivity contribution is 9.10. The van der Waals surface area contributed by atoms with Crippen molar-refractivity contribution in [2.75, 3.05) is 0 Å². The molecular weight excluding hydrogens is 278 g/mol. The van der Waals surface area contributed by atoms with Crippen LogP contribution >= 0.6 is 27.5 Å². The number of benzene rings is 1. The molecule has 1 aromatic carbocycles. The van der Waals surface area contributed by atoms with E-state index in [-0.39, 0.29) is 10.8 Å². The molecular formula is C7H7BrClNO2S. The lowest BCUT2D eigenvalue weighted by atomic mass is 10.2. The molecule has 0 atom stereocenters. The Hall–Kier alpha value is -0.100. The molecule has 0 heterocycles. The van der Waals surface area contributed by atoms with Gasteiger partial charge in [-0.05, 0) is 27.6 Å². The first kappa shape index (κ1) is 11.0. The van der Waals surface area contributed by atoms with Gasteiger partial charge < -0.3 is 0 Å². The van der Waals surface area contributed by atoms with Crippen LogP contribution in [-0.4, -0.2) is 8.42 Å². The fourth-order valence-electron chi connectivity index (χ4n) is 0.977. The maximum atomic E-state index is 11.1. The number of halogens is 2. The molecule has 6 heteroatoms. The lowest BCUT2D eigenvalue weighted by molar-refractivity contribution is 0.596. The number of primary sulfonamides is 1. The Labute approximate surface area is 90.1 Å². The maximum absolute atomic E-state index is 11.1. The van der Waals surface area contributed by atoms with Gasteiger partial charge in [0.05, 0.1) is 0 Å². The molecule has 0 radical (unpaired) electrons. The van der Waals surface area contributed by atoms with E-state index < -0.39 is 10.0 Å². The molecule has 0 amide bonds. The first-order chi connectivity index (χ1) is 5.96. The summed E-state index contributed by atoms with van der Waals surface area (Å²) in [6.45, 7) is 0. The van der Waals surface area contributed by atoms with Gasteiger partial charge in [-0.15, -0.1) is 11.6 Å². The summed E-state index contributed by atoms with van der Waals surface area (Å²) in [4.78, 5) is 0.0602. The molecule has 2 N–H and O–H groups in total. The summed E-state index contributed by atoms with van der Waals surface area (Å²) in [5.74, 6) is 0.116. The first-order valence-corrected chi connectivity index (χ1v) is 6.20. The molecule has 0 aliphatic rings. The van der Waals surface area contributed by atoms with E-state index in [0.717, 1.165) is 0 Å². The van der Waals surface area contributed by atoms with Crippen molar-refractivity contribution < 1.29 is 8.42 Å². The Bertz CT molecular complexity index is 419. The van der Waals surface area contributed by atoms with E-state index in [9.17, 15) is 8.42 Å². The van der Waals surface area contributed by atoms with Crippen LogP contribution in [0.2, 0.25) is 0 Å². The molecule has 3 nitrogen and oxygen atoms in total. The Balaban J connectivity index is 3.50. The van der Waals surface area contributed by atoms with Crippen molar-refractivity contribution in [1.29, 1.82) is 0 Å². The number of sulfonamides is 1. The molecule has 13 heavy (non-hydrogen) atoms. The molecule has 0 unspecified atom stereocenters. The van der Waals surface area contributed by atoms with Crippen LogP contribution in [0.3, 0.4) is 0 Å². The SMILES string of the molecule is NS(=O)(=O)c1c(Br)cccc1CCl. The minimum Gasteiger partial charge on any atom is -0.225 e. The molecule has 0 saturated carbocycles. The fraction of sp³-hybridized carbons (Fsp3) is 0.143. The monoisotopic (exact) mass is 283 g/mol. The van der Waals surface area contributed by atoms with Crippen molar-refractivity contribution in [3.05, 3.63) is 28.2 Å². The fourth-order valence-corrected chi connectivity index (χ4v) is 3.21. The normalized spacial score (nSPS) is 11.6. The molecule has 0 aromatic heterocycles. The van der Waals surface area contributed by atoms with Gasteiger partial charge in [0.25, 0.3) is 0 Å².